The molecule has 0 aromatic heterocycles. The average Bonchev–Trinajstić information content (AvgIpc) is 2.22. The van der Waals surface area contributed by atoms with Crippen LogP contribution in [0.5, 0.6) is 0 Å². The van der Waals surface area contributed by atoms with Gasteiger partial charge in [-0.2, -0.15) is 0 Å². The summed E-state index contributed by atoms with van der Waals surface area (Å²) in [4.78, 5) is 11.1. The lowest BCUT2D eigenvalue weighted by molar-refractivity contribution is -0.121. The van der Waals surface area contributed by atoms with Gasteiger partial charge in [-0.15, -0.1) is 0 Å². The monoisotopic (exact) mass is 215 g/mol. The highest BCUT2D eigenvalue weighted by atomic mass is 16.1. The van der Waals surface area contributed by atoms with Crippen molar-refractivity contribution < 1.29 is 4.79 Å². The van der Waals surface area contributed by atoms with Gasteiger partial charge in [0, 0.05) is 26.1 Å². The Balaban J connectivity index is 3.01. The Morgan fingerprint density at radius 1 is 1.13 bits per heavy atom. The normalized spacial score (nSPS) is 10.3. The summed E-state index contributed by atoms with van der Waals surface area (Å²) >= 11 is 0. The van der Waals surface area contributed by atoms with E-state index in [1.165, 1.54) is 0 Å². The molecule has 0 aliphatic heterocycles. The highest BCUT2D eigenvalue weighted by Gasteiger charge is 1.96. The van der Waals surface area contributed by atoms with Crippen molar-refractivity contribution in [2.45, 2.75) is 39.0 Å². The van der Waals surface area contributed by atoms with Crippen molar-refractivity contribution in [2.24, 2.45) is 5.73 Å². The molecular weight excluding hydrogens is 190 g/mol. The molecule has 1 amide bonds. The fourth-order valence-corrected chi connectivity index (χ4v) is 1.32. The predicted molar refractivity (Wildman–Crippen MR) is 63.7 cm³/mol. The first-order valence-corrected chi connectivity index (χ1v) is 5.98. The highest BCUT2D eigenvalue weighted by molar-refractivity contribution is 5.75. The van der Waals surface area contributed by atoms with Gasteiger partial charge in [0.1, 0.15) is 0 Å². The van der Waals surface area contributed by atoms with E-state index in [0.717, 1.165) is 45.3 Å². The molecule has 0 aliphatic carbocycles. The van der Waals surface area contributed by atoms with Crippen LogP contribution in [0.3, 0.4) is 0 Å². The molecule has 0 aliphatic rings. The number of hydrogen-bond acceptors (Lipinski definition) is 3. The van der Waals surface area contributed by atoms with Crippen molar-refractivity contribution >= 4 is 5.91 Å². The third-order valence-corrected chi connectivity index (χ3v) is 2.15. The van der Waals surface area contributed by atoms with Crippen molar-refractivity contribution in [3.05, 3.63) is 0 Å². The van der Waals surface area contributed by atoms with E-state index in [-0.39, 0.29) is 5.91 Å². The molecule has 0 unspecified atom stereocenters. The number of unbranched alkanes of at least 4 members (excludes halogenated alkanes) is 2. The summed E-state index contributed by atoms with van der Waals surface area (Å²) in [5, 5.41) is 6.15. The molecule has 0 spiro atoms. The number of hydrogen-bond donors (Lipinski definition) is 3. The lowest BCUT2D eigenvalue weighted by Gasteiger charge is -2.04. The minimum absolute atomic E-state index is 0.179. The van der Waals surface area contributed by atoms with E-state index < -0.39 is 0 Å². The molecule has 0 fully saturated rings. The van der Waals surface area contributed by atoms with E-state index in [2.05, 4.69) is 10.6 Å². The second-order valence-corrected chi connectivity index (χ2v) is 3.70. The maximum absolute atomic E-state index is 11.1. The van der Waals surface area contributed by atoms with Crippen molar-refractivity contribution in [3.63, 3.8) is 0 Å². The molecule has 0 atom stereocenters. The minimum atomic E-state index is 0.179. The standard InChI is InChI=1S/C11H25N3O/c1-2-6-11(15)14-9-5-3-4-8-13-10-7-12/h13H,2-10,12H2,1H3,(H,14,15). The van der Waals surface area contributed by atoms with Gasteiger partial charge in [-0.1, -0.05) is 13.3 Å². The molecule has 0 bridgehead atoms. The van der Waals surface area contributed by atoms with Crippen molar-refractivity contribution in [1.29, 1.82) is 0 Å². The first kappa shape index (κ1) is 14.4. The fraction of sp³-hybridized carbons (Fsp3) is 0.909. The summed E-state index contributed by atoms with van der Waals surface area (Å²) in [6.45, 7) is 5.46. The van der Waals surface area contributed by atoms with Crippen LogP contribution in [-0.2, 0) is 4.79 Å². The topological polar surface area (TPSA) is 67.2 Å². The van der Waals surface area contributed by atoms with Crippen LogP contribution in [0.2, 0.25) is 0 Å². The zero-order chi connectivity index (χ0) is 11.4. The predicted octanol–water partition coefficient (Wildman–Crippen LogP) is 0.621. The maximum atomic E-state index is 11.1. The van der Waals surface area contributed by atoms with Crippen molar-refractivity contribution in [2.75, 3.05) is 26.2 Å². The first-order chi connectivity index (χ1) is 7.31. The Kier molecular flexibility index (Phi) is 11.0. The van der Waals surface area contributed by atoms with Gasteiger partial charge in [0.2, 0.25) is 5.91 Å². The number of rotatable bonds is 10. The third kappa shape index (κ3) is 11.3. The van der Waals surface area contributed by atoms with Crippen LogP contribution in [0.1, 0.15) is 39.0 Å². The van der Waals surface area contributed by atoms with Crippen LogP contribution in [0.25, 0.3) is 0 Å². The summed E-state index contributed by atoms with van der Waals surface area (Å²) < 4.78 is 0. The number of nitrogens with two attached hydrogens (primary N) is 1. The smallest absolute Gasteiger partial charge is 0.219 e. The van der Waals surface area contributed by atoms with Gasteiger partial charge < -0.3 is 16.4 Å². The fourth-order valence-electron chi connectivity index (χ4n) is 1.32. The largest absolute Gasteiger partial charge is 0.356 e. The van der Waals surface area contributed by atoms with Gasteiger partial charge in [-0.25, -0.2) is 0 Å². The lowest BCUT2D eigenvalue weighted by Crippen LogP contribution is -2.25. The maximum Gasteiger partial charge on any atom is 0.219 e. The molecule has 4 N–H and O–H groups in total. The second kappa shape index (κ2) is 11.5. The van der Waals surface area contributed by atoms with E-state index in [1.807, 2.05) is 6.92 Å². The Labute approximate surface area is 93.0 Å². The molecule has 0 saturated carbocycles. The summed E-state index contributed by atoms with van der Waals surface area (Å²) in [6, 6.07) is 0. The zero-order valence-electron chi connectivity index (χ0n) is 9.85. The molecule has 90 valence electrons. The molecule has 0 heterocycles. The lowest BCUT2D eigenvalue weighted by atomic mass is 10.2. The molecule has 4 heteroatoms. The molecule has 4 nitrogen and oxygen atoms in total. The van der Waals surface area contributed by atoms with Crippen LogP contribution in [0.15, 0.2) is 0 Å². The molecular formula is C11H25N3O. The van der Waals surface area contributed by atoms with Crippen molar-refractivity contribution in [3.8, 4) is 0 Å². The molecule has 0 aromatic carbocycles. The number of carbonyl (C=O) groups is 1. The number of amides is 1. The molecule has 0 aromatic rings. The second-order valence-electron chi connectivity index (χ2n) is 3.70. The summed E-state index contributed by atoms with van der Waals surface area (Å²) in [6.07, 6.45) is 4.96. The third-order valence-electron chi connectivity index (χ3n) is 2.15. The molecule has 0 radical (unpaired) electrons. The Morgan fingerprint density at radius 3 is 2.53 bits per heavy atom. The first-order valence-electron chi connectivity index (χ1n) is 5.98. The van der Waals surface area contributed by atoms with E-state index in [0.29, 0.717) is 13.0 Å². The van der Waals surface area contributed by atoms with E-state index in [1.54, 1.807) is 0 Å². The summed E-state index contributed by atoms with van der Waals surface area (Å²) in [7, 11) is 0. The van der Waals surface area contributed by atoms with Crippen LogP contribution in [0, 0.1) is 0 Å². The van der Waals surface area contributed by atoms with Crippen LogP contribution in [-0.4, -0.2) is 32.1 Å². The highest BCUT2D eigenvalue weighted by Crippen LogP contribution is 1.93. The van der Waals surface area contributed by atoms with Gasteiger partial charge in [-0.05, 0) is 25.8 Å². The van der Waals surface area contributed by atoms with E-state index in [9.17, 15) is 4.79 Å². The number of carbonyl (C=O) groups excluding carboxylic acids is 1. The van der Waals surface area contributed by atoms with Crippen LogP contribution >= 0.6 is 0 Å². The van der Waals surface area contributed by atoms with E-state index in [4.69, 9.17) is 5.73 Å². The van der Waals surface area contributed by atoms with Gasteiger partial charge in [0.25, 0.3) is 0 Å². The van der Waals surface area contributed by atoms with Crippen LogP contribution in [0.4, 0.5) is 0 Å². The van der Waals surface area contributed by atoms with Gasteiger partial charge in [0.05, 0.1) is 0 Å². The number of nitrogens with one attached hydrogen (secondary N) is 2. The Morgan fingerprint density at radius 2 is 1.87 bits per heavy atom. The Hall–Kier alpha value is -0.610. The van der Waals surface area contributed by atoms with E-state index >= 15 is 0 Å². The van der Waals surface area contributed by atoms with Crippen LogP contribution < -0.4 is 16.4 Å². The van der Waals surface area contributed by atoms with Gasteiger partial charge >= 0.3 is 0 Å². The summed E-state index contributed by atoms with van der Waals surface area (Å²) in [5.41, 5.74) is 5.34. The van der Waals surface area contributed by atoms with Gasteiger partial charge in [-0.3, -0.25) is 4.79 Å². The SMILES string of the molecule is CCCC(=O)NCCCCCNCCN. The average molecular weight is 215 g/mol. The zero-order valence-corrected chi connectivity index (χ0v) is 9.85. The quantitative estimate of drug-likeness (QED) is 0.468. The molecule has 0 saturated heterocycles. The molecule has 15 heavy (non-hydrogen) atoms. The minimum Gasteiger partial charge on any atom is -0.356 e. The Bertz CT molecular complexity index is 151. The van der Waals surface area contributed by atoms with Crippen molar-refractivity contribution in [1.82, 2.24) is 10.6 Å². The summed E-state index contributed by atoms with van der Waals surface area (Å²) in [5.74, 6) is 0.179. The molecule has 0 rings (SSSR count). The van der Waals surface area contributed by atoms with Gasteiger partial charge in [0.15, 0.2) is 0 Å².